The first-order valence-corrected chi connectivity index (χ1v) is 4.33. The van der Waals surface area contributed by atoms with Crippen molar-refractivity contribution in [2.45, 2.75) is 13.3 Å². The second-order valence-electron chi connectivity index (χ2n) is 3.30. The minimum Gasteiger partial charge on any atom is -0.330 e. The summed E-state index contributed by atoms with van der Waals surface area (Å²) in [5, 5.41) is 3.99. The maximum atomic E-state index is 11.4. The van der Waals surface area contributed by atoms with E-state index in [1.807, 2.05) is 20.2 Å². The molecule has 4 nitrogen and oxygen atoms in total. The van der Waals surface area contributed by atoms with Crippen LogP contribution in [0.2, 0.25) is 0 Å². The monoisotopic (exact) mass is 181 g/mol. The molecule has 0 aliphatic heterocycles. The quantitative estimate of drug-likeness (QED) is 0.718. The maximum absolute atomic E-state index is 11.4. The predicted octanol–water partition coefficient (Wildman–Crippen LogP) is 0.126. The predicted molar refractivity (Wildman–Crippen MR) is 50.1 cm³/mol. The Morgan fingerprint density at radius 1 is 1.77 bits per heavy atom. The fourth-order valence-corrected chi connectivity index (χ4v) is 1.07. The first-order chi connectivity index (χ1) is 6.13. The van der Waals surface area contributed by atoms with Crippen LogP contribution in [0.4, 0.5) is 0 Å². The first kappa shape index (κ1) is 9.92. The zero-order valence-electron chi connectivity index (χ0n) is 8.03. The number of aryl methyl sites for hydroxylation is 1. The number of nitrogens with zero attached hydrogens (tertiary/aromatic N) is 2. The second kappa shape index (κ2) is 4.18. The molecule has 1 aromatic heterocycles. The Kier molecular flexibility index (Phi) is 3.19. The smallest absolute Gasteiger partial charge is 0.141 e. The number of hydrogen-bond acceptors (Lipinski definition) is 3. The molecule has 13 heavy (non-hydrogen) atoms. The topological polar surface area (TPSA) is 60.9 Å². The van der Waals surface area contributed by atoms with E-state index in [4.69, 9.17) is 5.73 Å². The van der Waals surface area contributed by atoms with Gasteiger partial charge in [-0.05, 0) is 5.56 Å². The van der Waals surface area contributed by atoms with Gasteiger partial charge in [-0.2, -0.15) is 5.10 Å². The molecule has 1 rings (SSSR count). The Hall–Kier alpha value is -1.16. The molecule has 0 radical (unpaired) electrons. The number of carbonyl (C=O) groups is 1. The highest BCUT2D eigenvalue weighted by molar-refractivity contribution is 5.82. The van der Waals surface area contributed by atoms with Crippen LogP contribution in [0.25, 0.3) is 0 Å². The van der Waals surface area contributed by atoms with Crippen LogP contribution in [0.5, 0.6) is 0 Å². The average Bonchev–Trinajstić information content (AvgIpc) is 2.49. The number of nitrogens with two attached hydrogens (primary N) is 1. The van der Waals surface area contributed by atoms with Gasteiger partial charge >= 0.3 is 0 Å². The molecule has 1 atom stereocenters. The van der Waals surface area contributed by atoms with Crippen LogP contribution in [-0.4, -0.2) is 22.1 Å². The SMILES string of the molecule is CC(CN)C(=O)Cc1cnn(C)c1. The van der Waals surface area contributed by atoms with Crippen molar-refractivity contribution in [3.05, 3.63) is 18.0 Å². The highest BCUT2D eigenvalue weighted by atomic mass is 16.1. The lowest BCUT2D eigenvalue weighted by molar-refractivity contribution is -0.121. The number of rotatable bonds is 4. The lowest BCUT2D eigenvalue weighted by Gasteiger charge is -2.04. The molecule has 0 amide bonds. The molecule has 4 heteroatoms. The van der Waals surface area contributed by atoms with E-state index < -0.39 is 0 Å². The van der Waals surface area contributed by atoms with E-state index in [0.717, 1.165) is 5.56 Å². The van der Waals surface area contributed by atoms with Crippen molar-refractivity contribution in [2.24, 2.45) is 18.7 Å². The second-order valence-corrected chi connectivity index (χ2v) is 3.30. The van der Waals surface area contributed by atoms with E-state index >= 15 is 0 Å². The Morgan fingerprint density at radius 3 is 2.92 bits per heavy atom. The average molecular weight is 181 g/mol. The van der Waals surface area contributed by atoms with E-state index in [1.54, 1.807) is 10.9 Å². The van der Waals surface area contributed by atoms with Gasteiger partial charge in [-0.15, -0.1) is 0 Å². The maximum Gasteiger partial charge on any atom is 0.141 e. The van der Waals surface area contributed by atoms with Crippen LogP contribution >= 0.6 is 0 Å². The summed E-state index contributed by atoms with van der Waals surface area (Å²) < 4.78 is 1.69. The summed E-state index contributed by atoms with van der Waals surface area (Å²) in [5.41, 5.74) is 6.34. The summed E-state index contributed by atoms with van der Waals surface area (Å²) in [6, 6.07) is 0. The Balaban J connectivity index is 2.54. The van der Waals surface area contributed by atoms with Gasteiger partial charge < -0.3 is 5.73 Å². The molecule has 0 saturated carbocycles. The Bertz CT molecular complexity index is 293. The van der Waals surface area contributed by atoms with E-state index in [-0.39, 0.29) is 11.7 Å². The van der Waals surface area contributed by atoms with Crippen molar-refractivity contribution in [1.29, 1.82) is 0 Å². The fraction of sp³-hybridized carbons (Fsp3) is 0.556. The Labute approximate surface area is 77.7 Å². The van der Waals surface area contributed by atoms with Gasteiger partial charge in [0, 0.05) is 32.1 Å². The van der Waals surface area contributed by atoms with Crippen molar-refractivity contribution in [3.63, 3.8) is 0 Å². The van der Waals surface area contributed by atoms with E-state index in [9.17, 15) is 4.79 Å². The summed E-state index contributed by atoms with van der Waals surface area (Å²) in [4.78, 5) is 11.4. The van der Waals surface area contributed by atoms with Gasteiger partial charge in [0.1, 0.15) is 5.78 Å². The minimum absolute atomic E-state index is 0.0554. The van der Waals surface area contributed by atoms with Gasteiger partial charge in [0.15, 0.2) is 0 Å². The molecule has 1 unspecified atom stereocenters. The number of hydrogen-bond donors (Lipinski definition) is 1. The molecule has 72 valence electrons. The summed E-state index contributed by atoms with van der Waals surface area (Å²) in [5.74, 6) is 0.121. The van der Waals surface area contributed by atoms with Gasteiger partial charge in [-0.3, -0.25) is 9.48 Å². The third-order valence-corrected chi connectivity index (χ3v) is 2.04. The van der Waals surface area contributed by atoms with Gasteiger partial charge in [0.05, 0.1) is 6.20 Å². The number of ketones is 1. The van der Waals surface area contributed by atoms with Crippen LogP contribution in [0, 0.1) is 5.92 Å². The number of carbonyl (C=O) groups excluding carboxylic acids is 1. The first-order valence-electron chi connectivity index (χ1n) is 4.33. The molecular weight excluding hydrogens is 166 g/mol. The van der Waals surface area contributed by atoms with E-state index in [2.05, 4.69) is 5.10 Å². The largest absolute Gasteiger partial charge is 0.330 e. The van der Waals surface area contributed by atoms with E-state index in [1.165, 1.54) is 0 Å². The standard InChI is InChI=1S/C9H15N3O/c1-7(4-10)9(13)3-8-5-11-12(2)6-8/h5-7H,3-4,10H2,1-2H3. The van der Waals surface area contributed by atoms with Crippen molar-refractivity contribution in [1.82, 2.24) is 9.78 Å². The number of Topliss-reactive ketones (excluding diaryl/α,β-unsaturated/α-hetero) is 1. The molecule has 0 saturated heterocycles. The van der Waals surface area contributed by atoms with Crippen molar-refractivity contribution < 1.29 is 4.79 Å². The molecule has 0 aromatic carbocycles. The van der Waals surface area contributed by atoms with E-state index in [0.29, 0.717) is 13.0 Å². The summed E-state index contributed by atoms with van der Waals surface area (Å²) in [7, 11) is 1.83. The van der Waals surface area contributed by atoms with Crippen molar-refractivity contribution in [3.8, 4) is 0 Å². The van der Waals surface area contributed by atoms with Crippen molar-refractivity contribution in [2.75, 3.05) is 6.54 Å². The molecule has 0 aliphatic rings. The molecule has 2 N–H and O–H groups in total. The third-order valence-electron chi connectivity index (χ3n) is 2.04. The molecule has 1 heterocycles. The van der Waals surface area contributed by atoms with Gasteiger partial charge in [0.2, 0.25) is 0 Å². The Morgan fingerprint density at radius 2 is 2.46 bits per heavy atom. The third kappa shape index (κ3) is 2.66. The zero-order chi connectivity index (χ0) is 9.84. The molecule has 0 fully saturated rings. The van der Waals surface area contributed by atoms with Gasteiger partial charge in [0.25, 0.3) is 0 Å². The number of aromatic nitrogens is 2. The van der Waals surface area contributed by atoms with Crippen LogP contribution in [0.3, 0.4) is 0 Å². The normalized spacial score (nSPS) is 12.8. The fourth-order valence-electron chi connectivity index (χ4n) is 1.07. The van der Waals surface area contributed by atoms with Crippen molar-refractivity contribution >= 4 is 5.78 Å². The van der Waals surface area contributed by atoms with Crippen LogP contribution in [0.1, 0.15) is 12.5 Å². The summed E-state index contributed by atoms with van der Waals surface area (Å²) in [6.07, 6.45) is 3.99. The van der Waals surface area contributed by atoms with Gasteiger partial charge in [-0.1, -0.05) is 6.92 Å². The van der Waals surface area contributed by atoms with Crippen LogP contribution < -0.4 is 5.73 Å². The van der Waals surface area contributed by atoms with Crippen LogP contribution in [-0.2, 0) is 18.3 Å². The molecular formula is C9H15N3O. The molecule has 0 spiro atoms. The lowest BCUT2D eigenvalue weighted by atomic mass is 10.0. The lowest BCUT2D eigenvalue weighted by Crippen LogP contribution is -2.21. The minimum atomic E-state index is -0.0554. The molecule has 0 aliphatic carbocycles. The molecule has 1 aromatic rings. The zero-order valence-corrected chi connectivity index (χ0v) is 8.03. The summed E-state index contributed by atoms with van der Waals surface area (Å²) in [6.45, 7) is 2.26. The van der Waals surface area contributed by atoms with Crippen LogP contribution in [0.15, 0.2) is 12.4 Å². The molecule has 0 bridgehead atoms. The summed E-state index contributed by atoms with van der Waals surface area (Å²) >= 11 is 0. The highest BCUT2D eigenvalue weighted by Crippen LogP contribution is 2.03. The highest BCUT2D eigenvalue weighted by Gasteiger charge is 2.11. The van der Waals surface area contributed by atoms with Gasteiger partial charge in [-0.25, -0.2) is 0 Å².